The first kappa shape index (κ1) is 11.0. The average Bonchev–Trinajstić information content (AvgIpc) is 1.35. The van der Waals surface area contributed by atoms with Crippen LogP contribution < -0.4 is 63.3 Å². The summed E-state index contributed by atoms with van der Waals surface area (Å²) < 4.78 is 3.85. The Hall–Kier alpha value is 1.08. The van der Waals surface area contributed by atoms with Crippen LogP contribution in [0.5, 0.6) is 0 Å². The van der Waals surface area contributed by atoms with Crippen LogP contribution in [0.15, 0.2) is 0 Å². The molecule has 0 saturated heterocycles. The topological polar surface area (TPSA) is 49.4 Å². The number of carbonyl (C=O) groups excluding carboxylic acids is 1. The normalized spacial score (nSPS) is 6.43. The molecule has 0 aromatic rings. The van der Waals surface area contributed by atoms with Crippen molar-refractivity contribution in [2.75, 3.05) is 6.61 Å². The first-order valence-electron chi connectivity index (χ1n) is 1.61. The molecule has 0 atom stereocenters. The van der Waals surface area contributed by atoms with Crippen LogP contribution in [-0.4, -0.2) is 12.8 Å². The second kappa shape index (κ2) is 7.08. The third kappa shape index (κ3) is 11.0. The second-order valence-electron chi connectivity index (χ2n) is 0.683. The summed E-state index contributed by atoms with van der Waals surface area (Å²) in [6.45, 7) is 1.75. The van der Waals surface area contributed by atoms with E-state index in [-0.39, 0.29) is 64.8 Å². The molecule has 0 spiro atoms. The van der Waals surface area contributed by atoms with Crippen molar-refractivity contribution >= 4 is 6.16 Å². The molecule has 0 heterocycles. The molecule has 0 fully saturated rings. The smallest absolute Gasteiger partial charge is 0.550 e. The van der Waals surface area contributed by atoms with Crippen LogP contribution in [0.4, 0.5) is 4.79 Å². The summed E-state index contributed by atoms with van der Waals surface area (Å²) in [6, 6.07) is 0. The number of carbonyl (C=O) groups is 1. The molecule has 0 radical (unpaired) electrons. The summed E-state index contributed by atoms with van der Waals surface area (Å²) >= 11 is 0. The molecule has 0 aromatic carbocycles. The van der Waals surface area contributed by atoms with Crippen LogP contribution >= 0.6 is 0 Å². The minimum Gasteiger partial charge on any atom is -0.550 e. The van der Waals surface area contributed by atoms with E-state index in [2.05, 4.69) is 4.74 Å². The minimum atomic E-state index is -1.46. The second-order valence-corrected chi connectivity index (χ2v) is 0.683. The van der Waals surface area contributed by atoms with E-state index in [1.54, 1.807) is 6.92 Å². The fraction of sp³-hybridized carbons (Fsp3) is 0.667. The van der Waals surface area contributed by atoms with Crippen LogP contribution in [0, 0.1) is 0 Å². The van der Waals surface area contributed by atoms with Crippen molar-refractivity contribution in [3.8, 4) is 0 Å². The Morgan fingerprint density at radius 1 is 1.86 bits per heavy atom. The number of ether oxygens (including phenoxy) is 1. The van der Waals surface area contributed by atoms with Crippen molar-refractivity contribution in [1.82, 2.24) is 0 Å². The van der Waals surface area contributed by atoms with Crippen molar-refractivity contribution in [2.24, 2.45) is 0 Å². The van der Waals surface area contributed by atoms with E-state index in [0.29, 0.717) is 0 Å². The number of hydrogen-bond acceptors (Lipinski definition) is 3. The fourth-order valence-corrected chi connectivity index (χ4v) is 0.118. The molecule has 0 rings (SSSR count). The fourth-order valence-electron chi connectivity index (χ4n) is 0.118. The van der Waals surface area contributed by atoms with Gasteiger partial charge in [-0.3, -0.25) is 0 Å². The predicted molar refractivity (Wildman–Crippen MR) is 17.0 cm³/mol. The molecular formula is C3H5O3Rb. The van der Waals surface area contributed by atoms with Gasteiger partial charge in [-0.15, -0.1) is 0 Å². The van der Waals surface area contributed by atoms with Gasteiger partial charge in [0.05, 0.1) is 0 Å². The molecule has 4 heteroatoms. The molecule has 0 aliphatic heterocycles. The van der Waals surface area contributed by atoms with E-state index in [9.17, 15) is 9.90 Å². The van der Waals surface area contributed by atoms with Gasteiger partial charge in [0.25, 0.3) is 6.16 Å². The summed E-state index contributed by atoms with van der Waals surface area (Å²) in [5, 5.41) is 9.27. The van der Waals surface area contributed by atoms with Gasteiger partial charge in [-0.05, 0) is 6.92 Å². The standard InChI is InChI=1S/C3H6O3.Rb/c1-2-6-3(4)5;/h2H2,1H3,(H,4,5);/q;+1/p-1. The van der Waals surface area contributed by atoms with Crippen molar-refractivity contribution in [1.29, 1.82) is 0 Å². The Labute approximate surface area is 90.8 Å². The van der Waals surface area contributed by atoms with Crippen LogP contribution in [0.25, 0.3) is 0 Å². The van der Waals surface area contributed by atoms with E-state index in [4.69, 9.17) is 0 Å². The quantitative estimate of drug-likeness (QED) is 0.386. The first-order chi connectivity index (χ1) is 2.77. The Kier molecular flexibility index (Phi) is 11.1. The molecular weight excluding hydrogens is 169 g/mol. The molecule has 0 amide bonds. The van der Waals surface area contributed by atoms with E-state index in [1.807, 2.05) is 0 Å². The average molecular weight is 175 g/mol. The van der Waals surface area contributed by atoms with E-state index in [1.165, 1.54) is 0 Å². The van der Waals surface area contributed by atoms with Gasteiger partial charge in [-0.25, -0.2) is 0 Å². The van der Waals surface area contributed by atoms with Crippen molar-refractivity contribution < 1.29 is 72.8 Å². The number of rotatable bonds is 1. The van der Waals surface area contributed by atoms with Gasteiger partial charge in [0.15, 0.2) is 0 Å². The van der Waals surface area contributed by atoms with Gasteiger partial charge in [-0.1, -0.05) is 0 Å². The maximum atomic E-state index is 9.27. The summed E-state index contributed by atoms with van der Waals surface area (Å²) in [4.78, 5) is 9.27. The van der Waals surface area contributed by atoms with Crippen LogP contribution in [0.2, 0.25) is 0 Å². The number of hydrogen-bond donors (Lipinski definition) is 0. The SMILES string of the molecule is CCOC(=O)[O-].[Rb+]. The minimum absolute atomic E-state index is 0. The molecule has 0 saturated carbocycles. The Bertz CT molecular complexity index is 54.1. The van der Waals surface area contributed by atoms with Gasteiger partial charge in [0.1, 0.15) is 0 Å². The summed E-state index contributed by atoms with van der Waals surface area (Å²) in [6.07, 6.45) is -1.46. The Morgan fingerprint density at radius 3 is 2.29 bits per heavy atom. The molecule has 0 N–H and O–H groups in total. The Morgan fingerprint density at radius 2 is 2.29 bits per heavy atom. The Balaban J connectivity index is 0. The third-order valence-corrected chi connectivity index (χ3v) is 0.262. The van der Waals surface area contributed by atoms with Gasteiger partial charge < -0.3 is 14.6 Å². The molecule has 0 unspecified atom stereocenters. The van der Waals surface area contributed by atoms with Crippen LogP contribution in [0.3, 0.4) is 0 Å². The van der Waals surface area contributed by atoms with E-state index < -0.39 is 6.16 Å². The van der Waals surface area contributed by atoms with Crippen molar-refractivity contribution in [3.05, 3.63) is 0 Å². The zero-order chi connectivity index (χ0) is 4.99. The van der Waals surface area contributed by atoms with Gasteiger partial charge in [0.2, 0.25) is 0 Å². The van der Waals surface area contributed by atoms with Crippen molar-refractivity contribution in [3.63, 3.8) is 0 Å². The summed E-state index contributed by atoms with van der Waals surface area (Å²) in [5.41, 5.74) is 0. The molecule has 7 heavy (non-hydrogen) atoms. The summed E-state index contributed by atoms with van der Waals surface area (Å²) in [5.74, 6) is 0. The van der Waals surface area contributed by atoms with Crippen molar-refractivity contribution in [2.45, 2.75) is 6.92 Å². The predicted octanol–water partition coefficient (Wildman–Crippen LogP) is -3.63. The largest absolute Gasteiger partial charge is 1.00 e. The summed E-state index contributed by atoms with van der Waals surface area (Å²) in [7, 11) is 0. The maximum Gasteiger partial charge on any atom is 1.00 e. The molecule has 36 valence electrons. The molecule has 3 nitrogen and oxygen atoms in total. The van der Waals surface area contributed by atoms with Crippen LogP contribution in [0.1, 0.15) is 6.92 Å². The monoisotopic (exact) mass is 174 g/mol. The van der Waals surface area contributed by atoms with Gasteiger partial charge in [0, 0.05) is 6.61 Å². The van der Waals surface area contributed by atoms with E-state index in [0.717, 1.165) is 0 Å². The number of carboxylic acid groups (broad SMARTS) is 1. The van der Waals surface area contributed by atoms with Gasteiger partial charge >= 0.3 is 58.2 Å². The molecule has 0 aliphatic carbocycles. The van der Waals surface area contributed by atoms with E-state index >= 15 is 0 Å². The molecule has 0 aliphatic rings. The molecule has 0 bridgehead atoms. The zero-order valence-corrected chi connectivity index (χ0v) is 9.35. The molecule has 0 aromatic heterocycles. The van der Waals surface area contributed by atoms with Crippen LogP contribution in [-0.2, 0) is 4.74 Å². The van der Waals surface area contributed by atoms with Gasteiger partial charge in [-0.2, -0.15) is 0 Å². The third-order valence-electron chi connectivity index (χ3n) is 0.262. The zero-order valence-electron chi connectivity index (χ0n) is 4.43. The maximum absolute atomic E-state index is 9.27. The first-order valence-corrected chi connectivity index (χ1v) is 1.61.